The molecule has 1 aliphatic heterocycles. The first-order valence-electron chi connectivity index (χ1n) is 9.47. The van der Waals surface area contributed by atoms with Gasteiger partial charge in [-0.1, -0.05) is 66.4 Å². The number of nitrogens with one attached hydrogen (secondary N) is 1. The van der Waals surface area contributed by atoms with Crippen LogP contribution in [0.4, 0.5) is 10.1 Å². The number of para-hydroxylation sites is 1. The molecule has 2 amide bonds. The number of halogens is 1. The van der Waals surface area contributed by atoms with Gasteiger partial charge in [0.05, 0.1) is 17.1 Å². The second-order valence-corrected chi connectivity index (χ2v) is 7.88. The van der Waals surface area contributed by atoms with Crippen molar-refractivity contribution in [3.8, 4) is 0 Å². The van der Waals surface area contributed by atoms with E-state index < -0.39 is 0 Å². The highest BCUT2D eigenvalue weighted by Crippen LogP contribution is 2.41. The first-order chi connectivity index (χ1) is 14.6. The largest absolute Gasteiger partial charge is 0.348 e. The lowest BCUT2D eigenvalue weighted by Crippen LogP contribution is -2.34. The summed E-state index contributed by atoms with van der Waals surface area (Å²) >= 11 is 1.28. The fraction of sp³-hybridized carbons (Fsp3) is 0.0833. The van der Waals surface area contributed by atoms with E-state index in [0.717, 1.165) is 21.7 Å². The minimum Gasteiger partial charge on any atom is -0.348 e. The van der Waals surface area contributed by atoms with E-state index >= 15 is 0 Å². The van der Waals surface area contributed by atoms with E-state index in [2.05, 4.69) is 5.32 Å². The van der Waals surface area contributed by atoms with E-state index in [0.29, 0.717) is 18.0 Å². The predicted molar refractivity (Wildman–Crippen MR) is 116 cm³/mol. The molecule has 30 heavy (non-hydrogen) atoms. The second kappa shape index (κ2) is 8.97. The van der Waals surface area contributed by atoms with E-state index in [1.54, 1.807) is 17.0 Å². The topological polar surface area (TPSA) is 49.4 Å². The summed E-state index contributed by atoms with van der Waals surface area (Å²) in [5, 5.41) is 2.82. The van der Waals surface area contributed by atoms with E-state index in [4.69, 9.17) is 0 Å². The highest BCUT2D eigenvalue weighted by molar-refractivity contribution is 8.04. The van der Waals surface area contributed by atoms with Gasteiger partial charge in [0.2, 0.25) is 5.91 Å². The molecule has 0 aromatic heterocycles. The molecule has 1 heterocycles. The maximum absolute atomic E-state index is 13.2. The first-order valence-corrected chi connectivity index (χ1v) is 10.3. The third-order valence-electron chi connectivity index (χ3n) is 4.66. The van der Waals surface area contributed by atoms with Crippen molar-refractivity contribution in [1.29, 1.82) is 0 Å². The molecule has 0 aliphatic carbocycles. The van der Waals surface area contributed by atoms with Gasteiger partial charge in [-0.15, -0.1) is 0 Å². The molecule has 0 saturated heterocycles. The van der Waals surface area contributed by atoms with Crippen molar-refractivity contribution in [2.45, 2.75) is 18.0 Å². The van der Waals surface area contributed by atoms with Crippen molar-refractivity contribution in [2.75, 3.05) is 4.90 Å². The summed E-state index contributed by atoms with van der Waals surface area (Å²) in [5.74, 6) is -0.899. The summed E-state index contributed by atoms with van der Waals surface area (Å²) in [6.07, 6.45) is 1.35. The molecule has 0 saturated carbocycles. The number of carbonyl (C=O) groups is 2. The molecular formula is C24H19FN2O2S. The monoisotopic (exact) mass is 418 g/mol. The highest BCUT2D eigenvalue weighted by Gasteiger charge is 2.29. The van der Waals surface area contributed by atoms with Crippen LogP contribution in [0.15, 0.2) is 94.7 Å². The fourth-order valence-corrected chi connectivity index (χ4v) is 4.18. The smallest absolute Gasteiger partial charge is 0.265 e. The van der Waals surface area contributed by atoms with Crippen LogP contribution in [-0.2, 0) is 22.7 Å². The van der Waals surface area contributed by atoms with Gasteiger partial charge in [-0.05, 0) is 35.4 Å². The van der Waals surface area contributed by atoms with E-state index in [9.17, 15) is 14.0 Å². The van der Waals surface area contributed by atoms with Crippen LogP contribution in [0.25, 0.3) is 0 Å². The Morgan fingerprint density at radius 2 is 1.63 bits per heavy atom. The summed E-state index contributed by atoms with van der Waals surface area (Å²) in [4.78, 5) is 28.4. The number of rotatable bonds is 5. The lowest BCUT2D eigenvalue weighted by molar-refractivity contribution is -0.118. The zero-order valence-electron chi connectivity index (χ0n) is 16.0. The van der Waals surface area contributed by atoms with Crippen LogP contribution in [0.5, 0.6) is 0 Å². The van der Waals surface area contributed by atoms with Crippen LogP contribution < -0.4 is 10.2 Å². The highest BCUT2D eigenvalue weighted by atomic mass is 32.2. The standard InChI is InChI=1S/C24H19FN2O2S/c25-19-12-10-18(11-13-19)16-27-20-8-4-5-9-21(20)30-22(24(27)29)14-23(28)26-15-17-6-2-1-3-7-17/h1-14H,15-16H2,(H,26,28)/b22-14-. The van der Waals surface area contributed by atoms with Gasteiger partial charge in [-0.2, -0.15) is 0 Å². The molecule has 0 fully saturated rings. The lowest BCUT2D eigenvalue weighted by atomic mass is 10.1. The van der Waals surface area contributed by atoms with Gasteiger partial charge >= 0.3 is 0 Å². The summed E-state index contributed by atoms with van der Waals surface area (Å²) in [7, 11) is 0. The molecule has 0 unspecified atom stereocenters. The Kier molecular flexibility index (Phi) is 5.95. The summed E-state index contributed by atoms with van der Waals surface area (Å²) in [6.45, 7) is 0.678. The average Bonchev–Trinajstić information content (AvgIpc) is 2.77. The van der Waals surface area contributed by atoms with Gasteiger partial charge in [0, 0.05) is 17.5 Å². The summed E-state index contributed by atoms with van der Waals surface area (Å²) in [5.41, 5.74) is 2.56. The Hall–Kier alpha value is -3.38. The van der Waals surface area contributed by atoms with Crippen LogP contribution in [0, 0.1) is 5.82 Å². The number of thioether (sulfide) groups is 1. The Labute approximate surface area is 178 Å². The van der Waals surface area contributed by atoms with Gasteiger partial charge in [0.15, 0.2) is 0 Å². The molecule has 1 N–H and O–H groups in total. The molecule has 0 radical (unpaired) electrons. The number of hydrogen-bond acceptors (Lipinski definition) is 3. The maximum atomic E-state index is 13.2. The fourth-order valence-electron chi connectivity index (χ4n) is 3.15. The average molecular weight is 418 g/mol. The number of anilines is 1. The van der Waals surface area contributed by atoms with Crippen LogP contribution in [0.1, 0.15) is 11.1 Å². The predicted octanol–water partition coefficient (Wildman–Crippen LogP) is 4.66. The molecule has 0 bridgehead atoms. The molecule has 4 rings (SSSR count). The van der Waals surface area contributed by atoms with E-state index in [-0.39, 0.29) is 17.6 Å². The molecular weight excluding hydrogens is 399 g/mol. The Morgan fingerprint density at radius 1 is 0.933 bits per heavy atom. The number of amides is 2. The number of fused-ring (bicyclic) bond motifs is 1. The van der Waals surface area contributed by atoms with E-state index in [1.807, 2.05) is 54.6 Å². The third-order valence-corrected chi connectivity index (χ3v) is 5.74. The third kappa shape index (κ3) is 4.60. The van der Waals surface area contributed by atoms with Crippen molar-refractivity contribution >= 4 is 29.3 Å². The van der Waals surface area contributed by atoms with Crippen molar-refractivity contribution in [2.24, 2.45) is 0 Å². The van der Waals surface area contributed by atoms with Crippen LogP contribution in [-0.4, -0.2) is 11.8 Å². The SMILES string of the molecule is O=C(/C=C1\Sc2ccccc2N(Cc2ccc(F)cc2)C1=O)NCc1ccccc1. The van der Waals surface area contributed by atoms with Gasteiger partial charge in [-0.25, -0.2) is 4.39 Å². The van der Waals surface area contributed by atoms with Gasteiger partial charge in [-0.3, -0.25) is 9.59 Å². The zero-order chi connectivity index (χ0) is 20.9. The molecule has 0 spiro atoms. The molecule has 4 nitrogen and oxygen atoms in total. The summed E-state index contributed by atoms with van der Waals surface area (Å²) < 4.78 is 13.2. The van der Waals surface area contributed by atoms with Crippen LogP contribution in [0.2, 0.25) is 0 Å². The van der Waals surface area contributed by atoms with Crippen molar-refractivity contribution in [1.82, 2.24) is 5.32 Å². The van der Waals surface area contributed by atoms with Crippen LogP contribution >= 0.6 is 11.8 Å². The quantitative estimate of drug-likeness (QED) is 0.613. The molecule has 3 aromatic rings. The van der Waals surface area contributed by atoms with Gasteiger partial charge in [0.1, 0.15) is 5.82 Å². The minimum absolute atomic E-state index is 0.252. The second-order valence-electron chi connectivity index (χ2n) is 6.80. The number of hydrogen-bond donors (Lipinski definition) is 1. The Morgan fingerprint density at radius 3 is 2.40 bits per heavy atom. The Balaban J connectivity index is 1.55. The minimum atomic E-state index is -0.324. The summed E-state index contributed by atoms with van der Waals surface area (Å²) in [6, 6.07) is 23.2. The molecule has 3 aromatic carbocycles. The van der Waals surface area contributed by atoms with Crippen LogP contribution in [0.3, 0.4) is 0 Å². The first kappa shape index (κ1) is 19.9. The number of carbonyl (C=O) groups excluding carboxylic acids is 2. The van der Waals surface area contributed by atoms with Crippen molar-refractivity contribution in [3.05, 3.63) is 107 Å². The number of nitrogens with zero attached hydrogens (tertiary/aromatic N) is 1. The van der Waals surface area contributed by atoms with Crippen molar-refractivity contribution in [3.63, 3.8) is 0 Å². The van der Waals surface area contributed by atoms with Crippen molar-refractivity contribution < 1.29 is 14.0 Å². The lowest BCUT2D eigenvalue weighted by Gasteiger charge is -2.30. The molecule has 0 atom stereocenters. The molecule has 1 aliphatic rings. The van der Waals surface area contributed by atoms with Gasteiger partial charge in [0.25, 0.3) is 5.91 Å². The van der Waals surface area contributed by atoms with Gasteiger partial charge < -0.3 is 10.2 Å². The van der Waals surface area contributed by atoms with E-state index in [1.165, 1.54) is 30.0 Å². The zero-order valence-corrected chi connectivity index (χ0v) is 16.9. The Bertz CT molecular complexity index is 1100. The molecule has 6 heteroatoms. The maximum Gasteiger partial charge on any atom is 0.265 e. The molecule has 150 valence electrons. The number of benzene rings is 3. The normalized spacial score (nSPS) is 14.5.